The van der Waals surface area contributed by atoms with Crippen molar-refractivity contribution in [1.82, 2.24) is 0 Å². The third kappa shape index (κ3) is 4.03. The van der Waals surface area contributed by atoms with Gasteiger partial charge in [-0.15, -0.1) is 0 Å². The Hall–Kier alpha value is -1.01. The summed E-state index contributed by atoms with van der Waals surface area (Å²) in [4.78, 5) is 0. The largest absolute Gasteiger partial charge is 0.353 e. The predicted octanol–water partition coefficient (Wildman–Crippen LogP) is 3.54. The molecular weight excluding hydrogens is 248 g/mol. The van der Waals surface area contributed by atoms with E-state index in [4.69, 9.17) is 21.1 Å². The molecule has 0 bridgehead atoms. The lowest BCUT2D eigenvalue weighted by atomic mass is 10.1. The topological polar surface area (TPSA) is 18.5 Å². The van der Waals surface area contributed by atoms with Crippen molar-refractivity contribution in [1.29, 1.82) is 0 Å². The molecule has 1 aliphatic heterocycles. The van der Waals surface area contributed by atoms with Crippen LogP contribution in [0.4, 0.5) is 0 Å². The Labute approximate surface area is 113 Å². The van der Waals surface area contributed by atoms with Gasteiger partial charge in [-0.25, -0.2) is 0 Å². The van der Waals surface area contributed by atoms with Crippen LogP contribution in [0.3, 0.4) is 0 Å². The summed E-state index contributed by atoms with van der Waals surface area (Å²) in [6.07, 6.45) is 3.21. The van der Waals surface area contributed by atoms with Crippen molar-refractivity contribution in [2.75, 3.05) is 13.2 Å². The lowest BCUT2D eigenvalue weighted by Gasteiger charge is -2.21. The summed E-state index contributed by atoms with van der Waals surface area (Å²) < 4.78 is 11.0. The van der Waals surface area contributed by atoms with E-state index in [-0.39, 0.29) is 6.29 Å². The molecule has 0 radical (unpaired) electrons. The van der Waals surface area contributed by atoms with Crippen LogP contribution in [0.5, 0.6) is 0 Å². The Balaban J connectivity index is 1.82. The van der Waals surface area contributed by atoms with E-state index >= 15 is 0 Å². The molecule has 1 aromatic rings. The second-order valence-electron chi connectivity index (χ2n) is 4.37. The van der Waals surface area contributed by atoms with Crippen LogP contribution in [0.2, 0.25) is 5.02 Å². The molecule has 2 rings (SSSR count). The quantitative estimate of drug-likeness (QED) is 0.761. The van der Waals surface area contributed by atoms with Gasteiger partial charge in [0.15, 0.2) is 6.29 Å². The minimum absolute atomic E-state index is 0.0694. The van der Waals surface area contributed by atoms with Crippen LogP contribution >= 0.6 is 11.6 Å². The van der Waals surface area contributed by atoms with Gasteiger partial charge in [0, 0.05) is 17.2 Å². The van der Waals surface area contributed by atoms with E-state index in [0.29, 0.717) is 6.61 Å². The van der Waals surface area contributed by atoms with Gasteiger partial charge < -0.3 is 9.47 Å². The highest BCUT2D eigenvalue weighted by Crippen LogP contribution is 2.15. The zero-order valence-electron chi connectivity index (χ0n) is 10.5. The van der Waals surface area contributed by atoms with E-state index in [0.717, 1.165) is 35.6 Å². The Kier molecular flexibility index (Phi) is 5.07. The van der Waals surface area contributed by atoms with Crippen LogP contribution in [-0.4, -0.2) is 19.5 Å². The van der Waals surface area contributed by atoms with Gasteiger partial charge in [0.05, 0.1) is 0 Å². The van der Waals surface area contributed by atoms with Gasteiger partial charge in [0.25, 0.3) is 0 Å². The molecule has 1 unspecified atom stereocenters. The van der Waals surface area contributed by atoms with E-state index < -0.39 is 0 Å². The first kappa shape index (κ1) is 13.4. The number of aryl methyl sites for hydroxylation is 1. The molecule has 0 aromatic heterocycles. The molecule has 96 valence electrons. The molecule has 0 spiro atoms. The number of hydrogen-bond donors (Lipinski definition) is 0. The van der Waals surface area contributed by atoms with Crippen molar-refractivity contribution in [3.63, 3.8) is 0 Å². The third-order valence-corrected chi connectivity index (χ3v) is 3.29. The number of rotatable bonds is 2. The van der Waals surface area contributed by atoms with Gasteiger partial charge in [0.2, 0.25) is 0 Å². The third-order valence-electron chi connectivity index (χ3n) is 2.87. The maximum Gasteiger partial charge on any atom is 0.158 e. The second kappa shape index (κ2) is 6.80. The van der Waals surface area contributed by atoms with Gasteiger partial charge in [-0.3, -0.25) is 0 Å². The van der Waals surface area contributed by atoms with Gasteiger partial charge in [-0.1, -0.05) is 23.4 Å². The van der Waals surface area contributed by atoms with Gasteiger partial charge in [0.1, 0.15) is 6.61 Å². The summed E-state index contributed by atoms with van der Waals surface area (Å²) in [6.45, 7) is 3.18. The molecule has 3 heteroatoms. The Morgan fingerprint density at radius 2 is 2.33 bits per heavy atom. The standard InChI is InChI=1S/C15H17ClO2/c1-12-11-13(7-8-14(12)16)5-4-10-18-15-6-2-3-9-17-15/h7-8,11,15H,2-3,6,9-10H2,1H3. The molecule has 1 saturated heterocycles. The van der Waals surface area contributed by atoms with E-state index in [1.165, 1.54) is 6.42 Å². The van der Waals surface area contributed by atoms with Crippen LogP contribution in [0, 0.1) is 18.8 Å². The molecule has 18 heavy (non-hydrogen) atoms. The molecule has 0 amide bonds. The normalized spacial score (nSPS) is 19.1. The fraction of sp³-hybridized carbons (Fsp3) is 0.467. The summed E-state index contributed by atoms with van der Waals surface area (Å²) in [7, 11) is 0. The highest BCUT2D eigenvalue weighted by atomic mass is 35.5. The fourth-order valence-corrected chi connectivity index (χ4v) is 1.96. The summed E-state index contributed by atoms with van der Waals surface area (Å²) >= 11 is 5.95. The number of benzene rings is 1. The van der Waals surface area contributed by atoms with Crippen molar-refractivity contribution in [2.45, 2.75) is 32.5 Å². The lowest BCUT2D eigenvalue weighted by molar-refractivity contribution is -0.154. The van der Waals surface area contributed by atoms with Crippen LogP contribution in [0.25, 0.3) is 0 Å². The molecule has 1 aliphatic rings. The van der Waals surface area contributed by atoms with Gasteiger partial charge >= 0.3 is 0 Å². The smallest absolute Gasteiger partial charge is 0.158 e. The molecule has 0 aliphatic carbocycles. The van der Waals surface area contributed by atoms with Crippen molar-refractivity contribution in [2.24, 2.45) is 0 Å². The summed E-state index contributed by atoms with van der Waals surface area (Å²) in [5.41, 5.74) is 2.00. The number of hydrogen-bond acceptors (Lipinski definition) is 2. The fourth-order valence-electron chi connectivity index (χ4n) is 1.84. The maximum atomic E-state index is 5.95. The molecule has 1 atom stereocenters. The first-order valence-electron chi connectivity index (χ1n) is 6.24. The van der Waals surface area contributed by atoms with Crippen LogP contribution < -0.4 is 0 Å². The molecule has 1 heterocycles. The molecule has 1 aromatic carbocycles. The minimum atomic E-state index is -0.0694. The summed E-state index contributed by atoms with van der Waals surface area (Å²) in [5.74, 6) is 6.06. The van der Waals surface area contributed by atoms with Crippen molar-refractivity contribution in [3.8, 4) is 11.8 Å². The molecular formula is C15H17ClO2. The zero-order valence-corrected chi connectivity index (χ0v) is 11.3. The van der Waals surface area contributed by atoms with E-state index in [1.54, 1.807) is 0 Å². The first-order valence-corrected chi connectivity index (χ1v) is 6.62. The van der Waals surface area contributed by atoms with Crippen LogP contribution in [0.15, 0.2) is 18.2 Å². The highest BCUT2D eigenvalue weighted by Gasteiger charge is 2.12. The lowest BCUT2D eigenvalue weighted by Crippen LogP contribution is -2.22. The van der Waals surface area contributed by atoms with E-state index in [2.05, 4.69) is 11.8 Å². The van der Waals surface area contributed by atoms with E-state index in [1.807, 2.05) is 25.1 Å². The minimum Gasteiger partial charge on any atom is -0.353 e. The number of halogens is 1. The second-order valence-corrected chi connectivity index (χ2v) is 4.78. The van der Waals surface area contributed by atoms with E-state index in [9.17, 15) is 0 Å². The van der Waals surface area contributed by atoms with Crippen molar-refractivity contribution in [3.05, 3.63) is 34.3 Å². The molecule has 1 fully saturated rings. The summed E-state index contributed by atoms with van der Waals surface area (Å²) in [6, 6.07) is 5.76. The highest BCUT2D eigenvalue weighted by molar-refractivity contribution is 6.31. The van der Waals surface area contributed by atoms with Gasteiger partial charge in [-0.05, 0) is 49.9 Å². The SMILES string of the molecule is Cc1cc(C#CCOC2CCCCO2)ccc1Cl. The monoisotopic (exact) mass is 264 g/mol. The number of ether oxygens (including phenoxy) is 2. The van der Waals surface area contributed by atoms with Crippen LogP contribution in [-0.2, 0) is 9.47 Å². The Bertz CT molecular complexity index is 453. The van der Waals surface area contributed by atoms with Crippen molar-refractivity contribution < 1.29 is 9.47 Å². The average molecular weight is 265 g/mol. The summed E-state index contributed by atoms with van der Waals surface area (Å²) in [5, 5.41) is 0.771. The van der Waals surface area contributed by atoms with Crippen molar-refractivity contribution >= 4 is 11.6 Å². The average Bonchev–Trinajstić information content (AvgIpc) is 2.40. The Morgan fingerprint density at radius 3 is 3.06 bits per heavy atom. The predicted molar refractivity (Wildman–Crippen MR) is 72.6 cm³/mol. The molecule has 2 nitrogen and oxygen atoms in total. The van der Waals surface area contributed by atoms with Gasteiger partial charge in [-0.2, -0.15) is 0 Å². The maximum absolute atomic E-state index is 5.95. The zero-order chi connectivity index (χ0) is 12.8. The first-order chi connectivity index (χ1) is 8.75. The Morgan fingerprint density at radius 1 is 1.44 bits per heavy atom. The molecule has 0 N–H and O–H groups in total. The van der Waals surface area contributed by atoms with Crippen LogP contribution in [0.1, 0.15) is 30.4 Å². The molecule has 0 saturated carbocycles.